The van der Waals surface area contributed by atoms with Crippen molar-refractivity contribution in [3.8, 4) is 11.5 Å². The van der Waals surface area contributed by atoms with Gasteiger partial charge in [0.15, 0.2) is 16.6 Å². The van der Waals surface area contributed by atoms with Crippen molar-refractivity contribution in [2.75, 3.05) is 13.7 Å². The Morgan fingerprint density at radius 3 is 2.84 bits per heavy atom. The molecule has 1 amide bonds. The van der Waals surface area contributed by atoms with Gasteiger partial charge in [0.25, 0.3) is 5.91 Å². The number of rotatable bonds is 3. The first-order valence-corrected chi connectivity index (χ1v) is 6.21. The fourth-order valence-corrected chi connectivity index (χ4v) is 1.90. The molecule has 1 heterocycles. The van der Waals surface area contributed by atoms with Crippen LogP contribution < -0.4 is 10.1 Å². The number of hydrogen-bond acceptors (Lipinski definition) is 4. The number of hydrogen-bond donors (Lipinski definition) is 2. The molecule has 19 heavy (non-hydrogen) atoms. The zero-order valence-corrected chi connectivity index (χ0v) is 11.5. The number of aromatic hydroxyl groups is 1. The zero-order valence-electron chi connectivity index (χ0n) is 10.6. The van der Waals surface area contributed by atoms with Gasteiger partial charge in [-0.25, -0.2) is 0 Å². The highest BCUT2D eigenvalue weighted by molar-refractivity contribution is 7.80. The topological polar surface area (TPSA) is 61.8 Å². The van der Waals surface area contributed by atoms with Crippen LogP contribution in [-0.2, 0) is 4.79 Å². The van der Waals surface area contributed by atoms with Crippen LogP contribution in [0.25, 0.3) is 6.08 Å². The molecule has 1 fully saturated rings. The Kier molecular flexibility index (Phi) is 3.71. The minimum atomic E-state index is -0.230. The highest BCUT2D eigenvalue weighted by Crippen LogP contribution is 2.31. The van der Waals surface area contributed by atoms with Crippen LogP contribution in [0.1, 0.15) is 12.5 Å². The number of nitrogens with zero attached hydrogens (tertiary/aromatic N) is 1. The third-order valence-corrected chi connectivity index (χ3v) is 3.09. The van der Waals surface area contributed by atoms with Gasteiger partial charge in [0, 0.05) is 12.6 Å². The predicted molar refractivity (Wildman–Crippen MR) is 75.8 cm³/mol. The lowest BCUT2D eigenvalue weighted by molar-refractivity contribution is -0.121. The van der Waals surface area contributed by atoms with Crippen LogP contribution in [0.3, 0.4) is 0 Å². The SMILES string of the molecule is CCOc1cccc(/C=C2\NC(=S)N(C)C2=O)c1O. The Hall–Kier alpha value is -2.08. The lowest BCUT2D eigenvalue weighted by Gasteiger charge is -2.08. The number of para-hydroxylation sites is 1. The van der Waals surface area contributed by atoms with E-state index in [1.54, 1.807) is 31.3 Å². The van der Waals surface area contributed by atoms with E-state index in [1.807, 2.05) is 6.92 Å². The molecule has 0 atom stereocenters. The third kappa shape index (κ3) is 2.53. The Labute approximate surface area is 116 Å². The molecule has 0 bridgehead atoms. The Morgan fingerprint density at radius 1 is 1.53 bits per heavy atom. The second kappa shape index (κ2) is 5.27. The molecule has 1 aromatic carbocycles. The van der Waals surface area contributed by atoms with E-state index in [-0.39, 0.29) is 11.7 Å². The molecule has 2 rings (SSSR count). The number of likely N-dealkylation sites (N-methyl/N-ethyl adjacent to an activating group) is 1. The maximum absolute atomic E-state index is 11.8. The molecule has 0 saturated carbocycles. The lowest BCUT2D eigenvalue weighted by atomic mass is 10.1. The number of ether oxygens (including phenoxy) is 1. The number of carbonyl (C=O) groups excluding carboxylic acids is 1. The number of nitrogens with one attached hydrogen (secondary N) is 1. The first-order chi connectivity index (χ1) is 9.04. The van der Waals surface area contributed by atoms with Crippen molar-refractivity contribution in [2.24, 2.45) is 0 Å². The second-order valence-corrected chi connectivity index (χ2v) is 4.37. The molecule has 1 aliphatic rings. The fraction of sp³-hybridized carbons (Fsp3) is 0.231. The van der Waals surface area contributed by atoms with E-state index >= 15 is 0 Å². The van der Waals surface area contributed by atoms with Gasteiger partial charge in [-0.05, 0) is 31.3 Å². The van der Waals surface area contributed by atoms with E-state index in [0.717, 1.165) is 0 Å². The Bertz CT molecular complexity index is 569. The van der Waals surface area contributed by atoms with Crippen LogP contribution in [-0.4, -0.2) is 34.7 Å². The summed E-state index contributed by atoms with van der Waals surface area (Å²) in [6.07, 6.45) is 1.55. The molecule has 0 radical (unpaired) electrons. The van der Waals surface area contributed by atoms with Gasteiger partial charge >= 0.3 is 0 Å². The summed E-state index contributed by atoms with van der Waals surface area (Å²) in [6.45, 7) is 2.29. The lowest BCUT2D eigenvalue weighted by Crippen LogP contribution is -2.25. The van der Waals surface area contributed by atoms with Crippen molar-refractivity contribution >= 4 is 29.3 Å². The van der Waals surface area contributed by atoms with Gasteiger partial charge in [-0.15, -0.1) is 0 Å². The van der Waals surface area contributed by atoms with E-state index in [9.17, 15) is 9.90 Å². The largest absolute Gasteiger partial charge is 0.504 e. The van der Waals surface area contributed by atoms with Gasteiger partial charge in [0.1, 0.15) is 5.70 Å². The Balaban J connectivity index is 2.36. The van der Waals surface area contributed by atoms with Crippen molar-refractivity contribution in [1.29, 1.82) is 0 Å². The smallest absolute Gasteiger partial charge is 0.276 e. The zero-order chi connectivity index (χ0) is 14.0. The summed E-state index contributed by atoms with van der Waals surface area (Å²) < 4.78 is 5.29. The van der Waals surface area contributed by atoms with Crippen molar-refractivity contribution < 1.29 is 14.6 Å². The second-order valence-electron chi connectivity index (χ2n) is 3.98. The standard InChI is InChI=1S/C13H14N2O3S/c1-3-18-10-6-4-5-8(11(10)16)7-9-12(17)15(2)13(19)14-9/h4-7,16H,3H2,1-2H3,(H,14,19)/b9-7-. The summed E-state index contributed by atoms with van der Waals surface area (Å²) in [5.41, 5.74) is 0.830. The number of benzene rings is 1. The van der Waals surface area contributed by atoms with Gasteiger partial charge in [-0.1, -0.05) is 12.1 Å². The van der Waals surface area contributed by atoms with E-state index < -0.39 is 0 Å². The highest BCUT2D eigenvalue weighted by Gasteiger charge is 2.27. The van der Waals surface area contributed by atoms with Crippen LogP contribution in [0.4, 0.5) is 0 Å². The van der Waals surface area contributed by atoms with Crippen molar-refractivity contribution in [3.05, 3.63) is 29.5 Å². The van der Waals surface area contributed by atoms with Gasteiger partial charge in [0.2, 0.25) is 0 Å². The summed E-state index contributed by atoms with van der Waals surface area (Å²) in [7, 11) is 1.59. The third-order valence-electron chi connectivity index (χ3n) is 2.71. The molecule has 100 valence electrons. The maximum Gasteiger partial charge on any atom is 0.276 e. The molecule has 2 N–H and O–H groups in total. The maximum atomic E-state index is 11.8. The van der Waals surface area contributed by atoms with Gasteiger partial charge in [-0.3, -0.25) is 9.69 Å². The van der Waals surface area contributed by atoms with Gasteiger partial charge < -0.3 is 15.2 Å². The molecule has 1 saturated heterocycles. The van der Waals surface area contributed by atoms with Crippen LogP contribution in [0.5, 0.6) is 11.5 Å². The molecular formula is C13H14N2O3S. The molecule has 0 aliphatic carbocycles. The minimum absolute atomic E-state index is 0.00641. The average Bonchev–Trinajstić information content (AvgIpc) is 2.62. The average molecular weight is 278 g/mol. The highest BCUT2D eigenvalue weighted by atomic mass is 32.1. The van der Waals surface area contributed by atoms with Crippen LogP contribution >= 0.6 is 12.2 Å². The summed E-state index contributed by atoms with van der Waals surface area (Å²) >= 11 is 4.98. The van der Waals surface area contributed by atoms with E-state index in [0.29, 0.717) is 28.7 Å². The quantitative estimate of drug-likeness (QED) is 0.648. The number of amides is 1. The first-order valence-electron chi connectivity index (χ1n) is 5.80. The van der Waals surface area contributed by atoms with Crippen molar-refractivity contribution in [1.82, 2.24) is 10.2 Å². The van der Waals surface area contributed by atoms with Gasteiger partial charge in [0.05, 0.1) is 6.61 Å². The van der Waals surface area contributed by atoms with Crippen molar-refractivity contribution in [3.63, 3.8) is 0 Å². The molecule has 1 aliphatic heterocycles. The molecule has 5 nitrogen and oxygen atoms in total. The predicted octanol–water partition coefficient (Wildman–Crippen LogP) is 1.48. The number of thiocarbonyl (C=S) groups is 1. The van der Waals surface area contributed by atoms with Gasteiger partial charge in [-0.2, -0.15) is 0 Å². The first kappa shape index (κ1) is 13.4. The molecule has 0 aromatic heterocycles. The minimum Gasteiger partial charge on any atom is -0.504 e. The molecule has 6 heteroatoms. The van der Waals surface area contributed by atoms with E-state index in [2.05, 4.69) is 5.32 Å². The summed E-state index contributed by atoms with van der Waals surface area (Å²) in [6, 6.07) is 5.11. The van der Waals surface area contributed by atoms with Crippen LogP contribution in [0.2, 0.25) is 0 Å². The molecule has 1 aromatic rings. The number of phenols is 1. The Morgan fingerprint density at radius 2 is 2.26 bits per heavy atom. The number of phenolic OH excluding ortho intramolecular Hbond substituents is 1. The fourth-order valence-electron chi connectivity index (χ4n) is 1.71. The van der Waals surface area contributed by atoms with Crippen molar-refractivity contribution in [2.45, 2.75) is 6.92 Å². The van der Waals surface area contributed by atoms with Crippen LogP contribution in [0.15, 0.2) is 23.9 Å². The molecule has 0 spiro atoms. The summed E-state index contributed by atoms with van der Waals surface area (Å²) in [5.74, 6) is 0.163. The molecule has 0 unspecified atom stereocenters. The van der Waals surface area contributed by atoms with Crippen LogP contribution in [0, 0.1) is 0 Å². The number of carbonyl (C=O) groups is 1. The summed E-state index contributed by atoms with van der Waals surface area (Å²) in [5, 5.41) is 13.2. The van der Waals surface area contributed by atoms with E-state index in [1.165, 1.54) is 4.90 Å². The summed E-state index contributed by atoms with van der Waals surface area (Å²) in [4.78, 5) is 13.2. The monoisotopic (exact) mass is 278 g/mol. The van der Waals surface area contributed by atoms with E-state index in [4.69, 9.17) is 17.0 Å². The molecular weight excluding hydrogens is 264 g/mol. The normalized spacial score (nSPS) is 16.9.